The van der Waals surface area contributed by atoms with E-state index in [-0.39, 0.29) is 5.91 Å². The zero-order valence-corrected chi connectivity index (χ0v) is 7.90. The average molecular weight is 171 g/mol. The summed E-state index contributed by atoms with van der Waals surface area (Å²) in [5.74, 6) is 0.0365. The van der Waals surface area contributed by atoms with Gasteiger partial charge >= 0.3 is 0 Å². The molecule has 0 spiro atoms. The van der Waals surface area contributed by atoms with Crippen molar-refractivity contribution in [3.05, 3.63) is 0 Å². The van der Waals surface area contributed by atoms with E-state index in [0.717, 1.165) is 13.1 Å². The molecule has 0 aliphatic carbocycles. The first-order valence-corrected chi connectivity index (χ1v) is 4.27. The maximum atomic E-state index is 11.3. The molecular formula is C8H17N3O. The normalized spacial score (nSPS) is 18.6. The third-order valence-electron chi connectivity index (χ3n) is 2.14. The van der Waals surface area contributed by atoms with Gasteiger partial charge in [0.15, 0.2) is 0 Å². The van der Waals surface area contributed by atoms with E-state index in [0.29, 0.717) is 6.04 Å². The van der Waals surface area contributed by atoms with Crippen molar-refractivity contribution in [2.75, 3.05) is 20.1 Å². The molecule has 1 aliphatic rings. The molecule has 1 heterocycles. The Morgan fingerprint density at radius 2 is 2.08 bits per heavy atom. The Hall–Kier alpha value is -0.610. The smallest absolute Gasteiger partial charge is 0.239 e. The third kappa shape index (κ3) is 1.95. The second-order valence-electron chi connectivity index (χ2n) is 3.70. The van der Waals surface area contributed by atoms with Gasteiger partial charge in [-0.3, -0.25) is 10.1 Å². The van der Waals surface area contributed by atoms with Gasteiger partial charge in [-0.1, -0.05) is 0 Å². The van der Waals surface area contributed by atoms with Crippen LogP contribution in [-0.2, 0) is 4.79 Å². The molecule has 0 bridgehead atoms. The van der Waals surface area contributed by atoms with Gasteiger partial charge in [-0.2, -0.15) is 0 Å². The van der Waals surface area contributed by atoms with E-state index in [2.05, 4.69) is 16.0 Å². The molecule has 70 valence electrons. The highest BCUT2D eigenvalue weighted by Crippen LogP contribution is 2.05. The van der Waals surface area contributed by atoms with Crippen molar-refractivity contribution < 1.29 is 4.79 Å². The predicted molar refractivity (Wildman–Crippen MR) is 47.9 cm³/mol. The van der Waals surface area contributed by atoms with E-state index in [1.807, 2.05) is 13.8 Å². The van der Waals surface area contributed by atoms with Gasteiger partial charge in [0.25, 0.3) is 0 Å². The Labute approximate surface area is 73.1 Å². The Balaban J connectivity index is 2.40. The first-order valence-electron chi connectivity index (χ1n) is 4.27. The zero-order valence-electron chi connectivity index (χ0n) is 7.90. The fraction of sp³-hybridized carbons (Fsp3) is 0.875. The topological polar surface area (TPSA) is 53.2 Å². The highest BCUT2D eigenvalue weighted by atomic mass is 16.2. The molecule has 0 aromatic heterocycles. The maximum absolute atomic E-state index is 11.3. The number of likely N-dealkylation sites (N-methyl/N-ethyl adjacent to an activating group) is 1. The van der Waals surface area contributed by atoms with Gasteiger partial charge in [0, 0.05) is 26.2 Å². The van der Waals surface area contributed by atoms with Crippen molar-refractivity contribution in [1.29, 1.82) is 0 Å². The SMILES string of the molecule is CNC(=O)C(C)(C)NC1CNC1. The molecule has 0 unspecified atom stereocenters. The molecule has 1 fully saturated rings. The van der Waals surface area contributed by atoms with Crippen LogP contribution in [0.4, 0.5) is 0 Å². The summed E-state index contributed by atoms with van der Waals surface area (Å²) in [7, 11) is 1.66. The number of carbonyl (C=O) groups excluding carboxylic acids is 1. The minimum Gasteiger partial charge on any atom is -0.358 e. The van der Waals surface area contributed by atoms with Crippen LogP contribution in [0.25, 0.3) is 0 Å². The number of amides is 1. The van der Waals surface area contributed by atoms with Crippen LogP contribution in [0, 0.1) is 0 Å². The van der Waals surface area contributed by atoms with E-state index in [1.54, 1.807) is 7.05 Å². The van der Waals surface area contributed by atoms with Crippen LogP contribution < -0.4 is 16.0 Å². The lowest BCUT2D eigenvalue weighted by molar-refractivity contribution is -0.126. The van der Waals surface area contributed by atoms with Gasteiger partial charge in [0.05, 0.1) is 5.54 Å². The molecule has 0 radical (unpaired) electrons. The van der Waals surface area contributed by atoms with Crippen molar-refractivity contribution in [2.45, 2.75) is 25.4 Å². The lowest BCUT2D eigenvalue weighted by Gasteiger charge is -2.35. The predicted octanol–water partition coefficient (Wildman–Crippen LogP) is -0.928. The molecule has 0 atom stereocenters. The molecule has 3 N–H and O–H groups in total. The van der Waals surface area contributed by atoms with Crippen molar-refractivity contribution >= 4 is 5.91 Å². The highest BCUT2D eigenvalue weighted by molar-refractivity contribution is 5.85. The van der Waals surface area contributed by atoms with Crippen LogP contribution in [-0.4, -0.2) is 37.6 Å². The minimum absolute atomic E-state index is 0.0365. The van der Waals surface area contributed by atoms with Gasteiger partial charge < -0.3 is 10.6 Å². The van der Waals surface area contributed by atoms with Gasteiger partial charge in [-0.05, 0) is 13.8 Å². The van der Waals surface area contributed by atoms with Crippen molar-refractivity contribution in [3.63, 3.8) is 0 Å². The number of nitrogens with one attached hydrogen (secondary N) is 3. The first-order chi connectivity index (χ1) is 5.56. The molecule has 1 amide bonds. The summed E-state index contributed by atoms with van der Waals surface area (Å²) in [6.45, 7) is 5.70. The summed E-state index contributed by atoms with van der Waals surface area (Å²) >= 11 is 0. The Morgan fingerprint density at radius 3 is 2.42 bits per heavy atom. The van der Waals surface area contributed by atoms with Crippen LogP contribution in [0.2, 0.25) is 0 Å². The summed E-state index contributed by atoms with van der Waals surface area (Å²) < 4.78 is 0. The maximum Gasteiger partial charge on any atom is 0.239 e. The fourth-order valence-electron chi connectivity index (χ4n) is 1.28. The molecule has 4 heteroatoms. The monoisotopic (exact) mass is 171 g/mol. The molecule has 12 heavy (non-hydrogen) atoms. The minimum atomic E-state index is -0.457. The van der Waals surface area contributed by atoms with Crippen molar-refractivity contribution in [1.82, 2.24) is 16.0 Å². The lowest BCUT2D eigenvalue weighted by atomic mass is 10.0. The number of hydrogen-bond donors (Lipinski definition) is 3. The Kier molecular flexibility index (Phi) is 2.69. The molecule has 1 rings (SSSR count). The Bertz CT molecular complexity index is 175. The quantitative estimate of drug-likeness (QED) is 0.514. The molecule has 0 aromatic rings. The van der Waals surface area contributed by atoms with Gasteiger partial charge in [-0.15, -0.1) is 0 Å². The van der Waals surface area contributed by atoms with E-state index < -0.39 is 5.54 Å². The van der Waals surface area contributed by atoms with Gasteiger partial charge in [-0.25, -0.2) is 0 Å². The molecule has 0 saturated carbocycles. The summed E-state index contributed by atoms with van der Waals surface area (Å²) in [4.78, 5) is 11.3. The highest BCUT2D eigenvalue weighted by Gasteiger charge is 2.31. The Morgan fingerprint density at radius 1 is 1.50 bits per heavy atom. The lowest BCUT2D eigenvalue weighted by Crippen LogP contribution is -2.64. The van der Waals surface area contributed by atoms with Crippen LogP contribution in [0.15, 0.2) is 0 Å². The van der Waals surface area contributed by atoms with Crippen LogP contribution in [0.5, 0.6) is 0 Å². The summed E-state index contributed by atoms with van der Waals surface area (Å²) in [6.07, 6.45) is 0. The molecule has 1 aliphatic heterocycles. The molecule has 1 saturated heterocycles. The van der Waals surface area contributed by atoms with E-state index in [1.165, 1.54) is 0 Å². The van der Waals surface area contributed by atoms with Gasteiger partial charge in [0.1, 0.15) is 0 Å². The van der Waals surface area contributed by atoms with Crippen molar-refractivity contribution in [2.24, 2.45) is 0 Å². The number of hydrogen-bond acceptors (Lipinski definition) is 3. The second kappa shape index (κ2) is 3.41. The average Bonchev–Trinajstić information content (AvgIpc) is 1.95. The van der Waals surface area contributed by atoms with E-state index in [4.69, 9.17) is 0 Å². The number of rotatable bonds is 3. The second-order valence-corrected chi connectivity index (χ2v) is 3.70. The summed E-state index contributed by atoms with van der Waals surface area (Å²) in [5, 5.41) is 9.05. The third-order valence-corrected chi connectivity index (χ3v) is 2.14. The largest absolute Gasteiger partial charge is 0.358 e. The van der Waals surface area contributed by atoms with Crippen molar-refractivity contribution in [3.8, 4) is 0 Å². The first kappa shape index (κ1) is 9.48. The summed E-state index contributed by atoms with van der Waals surface area (Å²) in [5.41, 5.74) is -0.457. The van der Waals surface area contributed by atoms with Gasteiger partial charge in [0.2, 0.25) is 5.91 Å². The van der Waals surface area contributed by atoms with E-state index in [9.17, 15) is 4.79 Å². The molecular weight excluding hydrogens is 154 g/mol. The van der Waals surface area contributed by atoms with Crippen LogP contribution in [0.3, 0.4) is 0 Å². The molecule has 0 aromatic carbocycles. The van der Waals surface area contributed by atoms with Crippen LogP contribution >= 0.6 is 0 Å². The number of carbonyl (C=O) groups is 1. The van der Waals surface area contributed by atoms with Crippen LogP contribution in [0.1, 0.15) is 13.8 Å². The zero-order chi connectivity index (χ0) is 9.19. The fourth-order valence-corrected chi connectivity index (χ4v) is 1.28. The summed E-state index contributed by atoms with van der Waals surface area (Å²) in [6, 6.07) is 0.442. The van der Waals surface area contributed by atoms with E-state index >= 15 is 0 Å². The molecule has 4 nitrogen and oxygen atoms in total. The standard InChI is InChI=1S/C8H17N3O/c1-8(2,7(12)9-3)11-6-4-10-5-6/h6,10-11H,4-5H2,1-3H3,(H,9,12).